The summed E-state index contributed by atoms with van der Waals surface area (Å²) in [5.74, 6) is 0.887. The van der Waals surface area contributed by atoms with E-state index in [4.69, 9.17) is 14.9 Å². The summed E-state index contributed by atoms with van der Waals surface area (Å²) in [4.78, 5) is 16.0. The Kier molecular flexibility index (Phi) is 4.94. The zero-order valence-corrected chi connectivity index (χ0v) is 12.1. The summed E-state index contributed by atoms with van der Waals surface area (Å²) >= 11 is 0. The molecule has 112 valence electrons. The summed E-state index contributed by atoms with van der Waals surface area (Å²) in [5.41, 5.74) is 6.91. The van der Waals surface area contributed by atoms with E-state index in [1.54, 1.807) is 14.0 Å². The number of hydrogen-bond donors (Lipinski definition) is 2. The van der Waals surface area contributed by atoms with Crippen LogP contribution in [0.3, 0.4) is 0 Å². The Labute approximate surface area is 123 Å². The van der Waals surface area contributed by atoms with Gasteiger partial charge >= 0.3 is 0 Å². The van der Waals surface area contributed by atoms with Crippen LogP contribution < -0.4 is 15.8 Å². The lowest BCUT2D eigenvalue weighted by Gasteiger charge is -2.08. The lowest BCUT2D eigenvalue weighted by atomic mass is 10.1. The van der Waals surface area contributed by atoms with Crippen LogP contribution in [0.1, 0.15) is 34.9 Å². The summed E-state index contributed by atoms with van der Waals surface area (Å²) in [6.45, 7) is 2.23. The largest absolute Gasteiger partial charge is 0.496 e. The Balaban J connectivity index is 1.89. The van der Waals surface area contributed by atoms with Gasteiger partial charge in [-0.2, -0.15) is 0 Å². The minimum absolute atomic E-state index is 0.238. The monoisotopic (exact) mass is 289 g/mol. The lowest BCUT2D eigenvalue weighted by molar-refractivity contribution is 0.0949. The van der Waals surface area contributed by atoms with E-state index in [1.165, 1.54) is 6.26 Å². The predicted molar refractivity (Wildman–Crippen MR) is 78.1 cm³/mol. The van der Waals surface area contributed by atoms with Gasteiger partial charge in [0, 0.05) is 6.54 Å². The smallest absolute Gasteiger partial charge is 0.273 e. The van der Waals surface area contributed by atoms with Gasteiger partial charge in [-0.05, 0) is 25.0 Å². The first-order chi connectivity index (χ1) is 10.1. The second-order valence-corrected chi connectivity index (χ2v) is 4.68. The fourth-order valence-electron chi connectivity index (χ4n) is 1.91. The van der Waals surface area contributed by atoms with Crippen molar-refractivity contribution in [3.05, 3.63) is 47.7 Å². The quantitative estimate of drug-likeness (QED) is 0.844. The van der Waals surface area contributed by atoms with Crippen LogP contribution in [-0.2, 0) is 6.42 Å². The van der Waals surface area contributed by atoms with Gasteiger partial charge in [-0.1, -0.05) is 18.2 Å². The van der Waals surface area contributed by atoms with Gasteiger partial charge in [-0.3, -0.25) is 4.79 Å². The van der Waals surface area contributed by atoms with Gasteiger partial charge in [0.1, 0.15) is 12.0 Å². The first kappa shape index (κ1) is 15.1. The fraction of sp³-hybridized carbons (Fsp3) is 0.333. The average molecular weight is 289 g/mol. The molecule has 1 atom stereocenters. The van der Waals surface area contributed by atoms with Gasteiger partial charge in [-0.25, -0.2) is 4.98 Å². The highest BCUT2D eigenvalue weighted by atomic mass is 16.5. The molecule has 0 aliphatic heterocycles. The molecule has 1 unspecified atom stereocenters. The molecule has 6 nitrogen and oxygen atoms in total. The molecule has 0 bridgehead atoms. The molecule has 0 saturated carbocycles. The third-order valence-corrected chi connectivity index (χ3v) is 3.02. The van der Waals surface area contributed by atoms with Gasteiger partial charge in [0.2, 0.25) is 5.89 Å². The minimum atomic E-state index is -0.333. The second-order valence-electron chi connectivity index (χ2n) is 4.68. The van der Waals surface area contributed by atoms with Gasteiger partial charge in [0.25, 0.3) is 5.91 Å². The van der Waals surface area contributed by atoms with E-state index < -0.39 is 0 Å². The standard InChI is InChI=1S/C15H19N3O3/c1-10(16)15-18-12(9-21-15)14(19)17-8-7-11-5-3-4-6-13(11)20-2/h3-6,9-10H,7-8,16H2,1-2H3,(H,17,19). The van der Waals surface area contributed by atoms with Crippen molar-refractivity contribution in [3.8, 4) is 5.75 Å². The molecule has 2 rings (SSSR count). The summed E-state index contributed by atoms with van der Waals surface area (Å²) in [5, 5.41) is 2.79. The normalized spacial score (nSPS) is 12.0. The summed E-state index contributed by atoms with van der Waals surface area (Å²) in [6.07, 6.45) is 1.99. The number of carbonyl (C=O) groups excluding carboxylic acids is 1. The molecule has 3 N–H and O–H groups in total. The molecule has 6 heteroatoms. The van der Waals surface area contributed by atoms with Crippen LogP contribution in [0.15, 0.2) is 34.9 Å². The summed E-state index contributed by atoms with van der Waals surface area (Å²) in [6, 6.07) is 7.37. The molecular weight excluding hydrogens is 270 g/mol. The number of methoxy groups -OCH3 is 1. The molecule has 2 aromatic rings. The van der Waals surface area contributed by atoms with Gasteiger partial charge in [-0.15, -0.1) is 0 Å². The fourth-order valence-corrected chi connectivity index (χ4v) is 1.91. The molecule has 1 aromatic heterocycles. The Morgan fingerprint density at radius 2 is 2.24 bits per heavy atom. The number of nitrogens with two attached hydrogens (primary N) is 1. The van der Waals surface area contributed by atoms with Crippen molar-refractivity contribution in [2.45, 2.75) is 19.4 Å². The Hall–Kier alpha value is -2.34. The molecule has 21 heavy (non-hydrogen) atoms. The van der Waals surface area contributed by atoms with Crippen molar-refractivity contribution in [2.75, 3.05) is 13.7 Å². The number of oxazole rings is 1. The molecule has 0 saturated heterocycles. The van der Waals surface area contributed by atoms with Crippen LogP contribution in [0.2, 0.25) is 0 Å². The maximum atomic E-state index is 11.9. The van der Waals surface area contributed by atoms with Crippen molar-refractivity contribution in [1.29, 1.82) is 0 Å². The maximum absolute atomic E-state index is 11.9. The van der Waals surface area contributed by atoms with Crippen molar-refractivity contribution in [1.82, 2.24) is 10.3 Å². The first-order valence-corrected chi connectivity index (χ1v) is 6.73. The maximum Gasteiger partial charge on any atom is 0.273 e. The Morgan fingerprint density at radius 1 is 1.48 bits per heavy atom. The molecule has 0 aliphatic rings. The van der Waals surface area contributed by atoms with E-state index in [1.807, 2.05) is 24.3 Å². The molecule has 1 amide bonds. The lowest BCUT2D eigenvalue weighted by Crippen LogP contribution is -2.26. The third kappa shape index (κ3) is 3.82. The van der Waals surface area contributed by atoms with Gasteiger partial charge in [0.05, 0.1) is 13.2 Å². The number of rotatable bonds is 6. The van der Waals surface area contributed by atoms with Crippen molar-refractivity contribution in [3.63, 3.8) is 0 Å². The van der Waals surface area contributed by atoms with Crippen LogP contribution in [0, 0.1) is 0 Å². The number of nitrogens with one attached hydrogen (secondary N) is 1. The second kappa shape index (κ2) is 6.90. The Bertz CT molecular complexity index is 608. The number of benzene rings is 1. The molecule has 1 aromatic carbocycles. The topological polar surface area (TPSA) is 90.4 Å². The van der Waals surface area contributed by atoms with E-state index in [0.29, 0.717) is 18.9 Å². The van der Waals surface area contributed by atoms with E-state index in [2.05, 4.69) is 10.3 Å². The molecule has 0 radical (unpaired) electrons. The number of nitrogens with zero attached hydrogens (tertiary/aromatic N) is 1. The van der Waals surface area contributed by atoms with Crippen molar-refractivity contribution < 1.29 is 13.9 Å². The highest BCUT2D eigenvalue weighted by molar-refractivity contribution is 5.91. The molecule has 0 spiro atoms. The number of ether oxygens (including phenoxy) is 1. The number of hydrogen-bond acceptors (Lipinski definition) is 5. The van der Waals surface area contributed by atoms with Crippen molar-refractivity contribution in [2.24, 2.45) is 5.73 Å². The molecule has 0 aliphatic carbocycles. The molecular formula is C15H19N3O3. The zero-order valence-electron chi connectivity index (χ0n) is 12.1. The summed E-state index contributed by atoms with van der Waals surface area (Å²) in [7, 11) is 1.63. The number of carbonyl (C=O) groups is 1. The van der Waals surface area contributed by atoms with E-state index in [0.717, 1.165) is 11.3 Å². The minimum Gasteiger partial charge on any atom is -0.496 e. The van der Waals surface area contributed by atoms with Crippen LogP contribution in [0.25, 0.3) is 0 Å². The van der Waals surface area contributed by atoms with Crippen LogP contribution in [-0.4, -0.2) is 24.5 Å². The number of amides is 1. The first-order valence-electron chi connectivity index (χ1n) is 6.73. The average Bonchev–Trinajstić information content (AvgIpc) is 2.98. The van der Waals surface area contributed by atoms with Crippen molar-refractivity contribution >= 4 is 5.91 Å². The van der Waals surface area contributed by atoms with E-state index in [9.17, 15) is 4.79 Å². The number of aromatic nitrogens is 1. The van der Waals surface area contributed by atoms with Gasteiger partial charge in [0.15, 0.2) is 5.69 Å². The van der Waals surface area contributed by atoms with Crippen LogP contribution in [0.4, 0.5) is 0 Å². The van der Waals surface area contributed by atoms with Crippen LogP contribution in [0.5, 0.6) is 5.75 Å². The van der Waals surface area contributed by atoms with Crippen LogP contribution >= 0.6 is 0 Å². The number of para-hydroxylation sites is 1. The summed E-state index contributed by atoms with van der Waals surface area (Å²) < 4.78 is 10.4. The predicted octanol–water partition coefficient (Wildman–Crippen LogP) is 1.68. The van der Waals surface area contributed by atoms with E-state index >= 15 is 0 Å². The van der Waals surface area contributed by atoms with E-state index in [-0.39, 0.29) is 17.6 Å². The highest BCUT2D eigenvalue weighted by Gasteiger charge is 2.14. The van der Waals surface area contributed by atoms with Gasteiger partial charge < -0.3 is 20.2 Å². The highest BCUT2D eigenvalue weighted by Crippen LogP contribution is 2.17. The zero-order chi connectivity index (χ0) is 15.2. The molecule has 0 fully saturated rings. The SMILES string of the molecule is COc1ccccc1CCNC(=O)c1coc(C(C)N)n1. The third-order valence-electron chi connectivity index (χ3n) is 3.02. The Morgan fingerprint density at radius 3 is 2.90 bits per heavy atom. The molecule has 1 heterocycles.